The molecule has 14 heavy (non-hydrogen) atoms. The standard InChI is InChI=1S/C7H14BrF2NO2S/c1-2-6(3-4-8)5-11-14(12,13)7(9)10/h6-7,11H,2-5H2,1H3. The van der Waals surface area contributed by atoms with Gasteiger partial charge in [0.25, 0.3) is 10.0 Å². The normalized spacial score (nSPS) is 14.6. The minimum Gasteiger partial charge on any atom is -0.210 e. The van der Waals surface area contributed by atoms with Crippen LogP contribution in [0.4, 0.5) is 8.78 Å². The first-order valence-electron chi connectivity index (χ1n) is 4.26. The SMILES string of the molecule is CCC(CCBr)CNS(=O)(=O)C(F)F. The Bertz CT molecular complexity index is 246. The molecule has 0 saturated heterocycles. The lowest BCUT2D eigenvalue weighted by Crippen LogP contribution is -2.33. The highest BCUT2D eigenvalue weighted by atomic mass is 79.9. The van der Waals surface area contributed by atoms with Crippen LogP contribution < -0.4 is 4.72 Å². The Hall–Kier alpha value is 0.250. The van der Waals surface area contributed by atoms with Gasteiger partial charge >= 0.3 is 5.76 Å². The lowest BCUT2D eigenvalue weighted by atomic mass is 10.0. The van der Waals surface area contributed by atoms with Crippen molar-refractivity contribution in [1.29, 1.82) is 0 Å². The Balaban J connectivity index is 4.03. The van der Waals surface area contributed by atoms with Crippen molar-refractivity contribution in [1.82, 2.24) is 4.72 Å². The van der Waals surface area contributed by atoms with Crippen molar-refractivity contribution in [2.75, 3.05) is 11.9 Å². The zero-order chi connectivity index (χ0) is 11.2. The summed E-state index contributed by atoms with van der Waals surface area (Å²) >= 11 is 3.21. The summed E-state index contributed by atoms with van der Waals surface area (Å²) < 4.78 is 47.0. The van der Waals surface area contributed by atoms with Crippen molar-refractivity contribution >= 4 is 26.0 Å². The molecule has 0 heterocycles. The van der Waals surface area contributed by atoms with Crippen LogP contribution in [-0.4, -0.2) is 26.1 Å². The largest absolute Gasteiger partial charge is 0.350 e. The summed E-state index contributed by atoms with van der Waals surface area (Å²) in [4.78, 5) is 0. The van der Waals surface area contributed by atoms with Gasteiger partial charge in [0.15, 0.2) is 0 Å². The van der Waals surface area contributed by atoms with Gasteiger partial charge in [0.2, 0.25) is 0 Å². The molecule has 0 aromatic heterocycles. The zero-order valence-corrected chi connectivity index (χ0v) is 10.2. The maximum atomic E-state index is 11.9. The van der Waals surface area contributed by atoms with E-state index in [1.165, 1.54) is 0 Å². The van der Waals surface area contributed by atoms with Crippen molar-refractivity contribution in [3.8, 4) is 0 Å². The number of sulfonamides is 1. The van der Waals surface area contributed by atoms with Crippen LogP contribution in [0.15, 0.2) is 0 Å². The van der Waals surface area contributed by atoms with Crippen LogP contribution in [0.3, 0.4) is 0 Å². The first-order chi connectivity index (χ1) is 6.44. The van der Waals surface area contributed by atoms with Crippen LogP contribution in [-0.2, 0) is 10.0 Å². The molecule has 0 aliphatic rings. The quantitative estimate of drug-likeness (QED) is 0.729. The summed E-state index contributed by atoms with van der Waals surface area (Å²) in [7, 11) is -4.42. The van der Waals surface area contributed by atoms with Gasteiger partial charge in [0.05, 0.1) is 0 Å². The maximum Gasteiger partial charge on any atom is 0.350 e. The van der Waals surface area contributed by atoms with Crippen LogP contribution in [0.5, 0.6) is 0 Å². The molecular weight excluding hydrogens is 280 g/mol. The van der Waals surface area contributed by atoms with E-state index in [2.05, 4.69) is 15.9 Å². The molecule has 1 atom stereocenters. The lowest BCUT2D eigenvalue weighted by Gasteiger charge is -2.13. The first kappa shape index (κ1) is 14.2. The highest BCUT2D eigenvalue weighted by molar-refractivity contribution is 9.09. The molecule has 1 unspecified atom stereocenters. The molecule has 3 nitrogen and oxygen atoms in total. The van der Waals surface area contributed by atoms with Gasteiger partial charge in [0.1, 0.15) is 0 Å². The molecule has 86 valence electrons. The molecule has 0 saturated carbocycles. The average Bonchev–Trinajstić information content (AvgIpc) is 2.12. The van der Waals surface area contributed by atoms with Crippen LogP contribution >= 0.6 is 15.9 Å². The fourth-order valence-corrected chi connectivity index (χ4v) is 2.14. The number of nitrogens with one attached hydrogen (secondary N) is 1. The van der Waals surface area contributed by atoms with Gasteiger partial charge in [-0.3, -0.25) is 0 Å². The zero-order valence-electron chi connectivity index (χ0n) is 7.84. The van der Waals surface area contributed by atoms with Gasteiger partial charge in [-0.05, 0) is 12.3 Å². The summed E-state index contributed by atoms with van der Waals surface area (Å²) in [6, 6.07) is 0. The predicted molar refractivity (Wildman–Crippen MR) is 55.1 cm³/mol. The van der Waals surface area contributed by atoms with Gasteiger partial charge in [0, 0.05) is 11.9 Å². The van der Waals surface area contributed by atoms with E-state index in [1.807, 2.05) is 11.6 Å². The molecule has 0 radical (unpaired) electrons. The third-order valence-electron chi connectivity index (χ3n) is 1.90. The van der Waals surface area contributed by atoms with Crippen LogP contribution in [0.2, 0.25) is 0 Å². The fourth-order valence-electron chi connectivity index (χ4n) is 0.902. The molecule has 0 aromatic rings. The monoisotopic (exact) mass is 293 g/mol. The van der Waals surface area contributed by atoms with Gasteiger partial charge in [-0.25, -0.2) is 13.1 Å². The number of hydrogen-bond acceptors (Lipinski definition) is 2. The molecule has 0 bridgehead atoms. The van der Waals surface area contributed by atoms with Crippen molar-refractivity contribution in [2.45, 2.75) is 25.5 Å². The maximum absolute atomic E-state index is 11.9. The Morgan fingerprint density at radius 1 is 1.43 bits per heavy atom. The van der Waals surface area contributed by atoms with Gasteiger partial charge < -0.3 is 0 Å². The van der Waals surface area contributed by atoms with Crippen LogP contribution in [0, 0.1) is 5.92 Å². The van der Waals surface area contributed by atoms with Crippen molar-refractivity contribution < 1.29 is 17.2 Å². The van der Waals surface area contributed by atoms with Crippen LogP contribution in [0.25, 0.3) is 0 Å². The van der Waals surface area contributed by atoms with Gasteiger partial charge in [-0.2, -0.15) is 8.78 Å². The topological polar surface area (TPSA) is 46.2 Å². The summed E-state index contributed by atoms with van der Waals surface area (Å²) in [5, 5.41) is 0.738. The Morgan fingerprint density at radius 2 is 2.00 bits per heavy atom. The van der Waals surface area contributed by atoms with E-state index < -0.39 is 15.8 Å². The fraction of sp³-hybridized carbons (Fsp3) is 1.00. The molecule has 0 spiro atoms. The van der Waals surface area contributed by atoms with Crippen LogP contribution in [0.1, 0.15) is 19.8 Å². The minimum absolute atomic E-state index is 0.0781. The van der Waals surface area contributed by atoms with Crippen molar-refractivity contribution in [3.63, 3.8) is 0 Å². The Kier molecular flexibility index (Phi) is 6.80. The number of halogens is 3. The predicted octanol–water partition coefficient (Wildman–Crippen LogP) is 1.94. The van der Waals surface area contributed by atoms with E-state index in [4.69, 9.17) is 0 Å². The molecule has 0 amide bonds. The van der Waals surface area contributed by atoms with E-state index in [9.17, 15) is 17.2 Å². The number of hydrogen-bond donors (Lipinski definition) is 1. The molecule has 0 aliphatic heterocycles. The Labute approximate surface area is 91.4 Å². The smallest absolute Gasteiger partial charge is 0.210 e. The molecule has 0 fully saturated rings. The second kappa shape index (κ2) is 6.68. The number of rotatable bonds is 7. The van der Waals surface area contributed by atoms with E-state index >= 15 is 0 Å². The minimum atomic E-state index is -4.42. The average molecular weight is 294 g/mol. The molecular formula is C7H14BrF2NO2S. The molecule has 0 rings (SSSR count). The lowest BCUT2D eigenvalue weighted by molar-refractivity contribution is 0.232. The second-order valence-electron chi connectivity index (χ2n) is 2.91. The highest BCUT2D eigenvalue weighted by Crippen LogP contribution is 2.10. The van der Waals surface area contributed by atoms with E-state index in [1.54, 1.807) is 0 Å². The van der Waals surface area contributed by atoms with E-state index in [0.29, 0.717) is 0 Å². The summed E-state index contributed by atoms with van der Waals surface area (Å²) in [5.74, 6) is -3.24. The summed E-state index contributed by atoms with van der Waals surface area (Å²) in [6.45, 7) is 1.97. The van der Waals surface area contributed by atoms with Gasteiger partial charge in [-0.15, -0.1) is 0 Å². The van der Waals surface area contributed by atoms with E-state index in [-0.39, 0.29) is 12.5 Å². The van der Waals surface area contributed by atoms with E-state index in [0.717, 1.165) is 18.2 Å². The molecule has 1 N–H and O–H groups in total. The highest BCUT2D eigenvalue weighted by Gasteiger charge is 2.23. The molecule has 0 aromatic carbocycles. The van der Waals surface area contributed by atoms with Crippen molar-refractivity contribution in [3.05, 3.63) is 0 Å². The first-order valence-corrected chi connectivity index (χ1v) is 6.93. The molecule has 0 aliphatic carbocycles. The summed E-state index contributed by atoms with van der Waals surface area (Å²) in [6.07, 6.45) is 1.53. The molecule has 7 heteroatoms. The second-order valence-corrected chi connectivity index (χ2v) is 5.43. The van der Waals surface area contributed by atoms with Crippen molar-refractivity contribution in [2.24, 2.45) is 5.92 Å². The number of alkyl halides is 3. The third kappa shape index (κ3) is 5.21. The van der Waals surface area contributed by atoms with Gasteiger partial charge in [-0.1, -0.05) is 29.3 Å². The summed E-state index contributed by atoms with van der Waals surface area (Å²) in [5.41, 5.74) is 0. The Morgan fingerprint density at radius 3 is 2.36 bits per heavy atom. The third-order valence-corrected chi connectivity index (χ3v) is 3.40.